The van der Waals surface area contributed by atoms with Gasteiger partial charge in [-0.3, -0.25) is 0 Å². The lowest BCUT2D eigenvalue weighted by Gasteiger charge is -2.35. The van der Waals surface area contributed by atoms with E-state index in [0.717, 1.165) is 43.6 Å². The van der Waals surface area contributed by atoms with E-state index >= 15 is 0 Å². The van der Waals surface area contributed by atoms with E-state index in [0.29, 0.717) is 4.90 Å². The number of ether oxygens (including phenoxy) is 1. The Bertz CT molecular complexity index is 616. The third-order valence-electron chi connectivity index (χ3n) is 4.32. The molecule has 1 aromatic carbocycles. The van der Waals surface area contributed by atoms with Crippen LogP contribution in [-0.2, 0) is 14.6 Å². The highest BCUT2D eigenvalue weighted by molar-refractivity contribution is 7.92. The van der Waals surface area contributed by atoms with Gasteiger partial charge in [-0.25, -0.2) is 8.42 Å². The molecule has 0 saturated heterocycles. The molecular formula is C16H20O3S. The summed E-state index contributed by atoms with van der Waals surface area (Å²) in [4.78, 5) is 0.427. The lowest BCUT2D eigenvalue weighted by Crippen LogP contribution is -2.36. The molecule has 3 rings (SSSR count). The Morgan fingerprint density at radius 1 is 1.15 bits per heavy atom. The first-order valence-corrected chi connectivity index (χ1v) is 8.79. The van der Waals surface area contributed by atoms with Crippen molar-refractivity contribution >= 4 is 9.84 Å². The summed E-state index contributed by atoms with van der Waals surface area (Å²) in [6.45, 7) is 2.77. The van der Waals surface area contributed by atoms with Crippen LogP contribution in [-0.4, -0.2) is 20.3 Å². The van der Waals surface area contributed by atoms with Crippen molar-refractivity contribution in [3.8, 4) is 0 Å². The number of sulfone groups is 1. The molecule has 20 heavy (non-hydrogen) atoms. The van der Waals surface area contributed by atoms with Crippen LogP contribution in [0, 0.1) is 5.92 Å². The molecule has 0 fully saturated rings. The molecule has 0 amide bonds. The average Bonchev–Trinajstić information content (AvgIpc) is 2.47. The van der Waals surface area contributed by atoms with Crippen molar-refractivity contribution in [3.05, 3.63) is 41.7 Å². The van der Waals surface area contributed by atoms with Gasteiger partial charge < -0.3 is 4.74 Å². The molecule has 1 aliphatic carbocycles. The third kappa shape index (κ3) is 2.26. The minimum Gasteiger partial charge on any atom is -0.498 e. The number of allylic oxidation sites excluding steroid dienone is 1. The molecule has 2 aliphatic rings. The van der Waals surface area contributed by atoms with Crippen molar-refractivity contribution in [3.63, 3.8) is 0 Å². The van der Waals surface area contributed by atoms with Crippen molar-refractivity contribution in [2.24, 2.45) is 5.92 Å². The van der Waals surface area contributed by atoms with E-state index in [9.17, 15) is 8.42 Å². The van der Waals surface area contributed by atoms with Gasteiger partial charge in [-0.05, 0) is 42.9 Å². The quantitative estimate of drug-likeness (QED) is 0.840. The summed E-state index contributed by atoms with van der Waals surface area (Å²) < 4.78 is 31.6. The fourth-order valence-electron chi connectivity index (χ4n) is 3.33. The molecule has 1 aromatic rings. The standard InChI is InChI=1S/C16H20O3S/c1-12-9-10-15-14(8-5-11-19-15)16(12)20(17,18)13-6-3-2-4-7-13/h2-4,6-7,12,16H,5,8-11H2,1H3/t12-,16+/m1/s1. The van der Waals surface area contributed by atoms with Crippen molar-refractivity contribution in [1.82, 2.24) is 0 Å². The van der Waals surface area contributed by atoms with Crippen molar-refractivity contribution in [1.29, 1.82) is 0 Å². The van der Waals surface area contributed by atoms with Crippen LogP contribution in [0.4, 0.5) is 0 Å². The molecule has 0 bridgehead atoms. The zero-order chi connectivity index (χ0) is 14.2. The van der Waals surface area contributed by atoms with Crippen molar-refractivity contribution < 1.29 is 13.2 Å². The number of benzene rings is 1. The molecule has 0 saturated carbocycles. The van der Waals surface area contributed by atoms with Crippen LogP contribution in [0.25, 0.3) is 0 Å². The predicted octanol–water partition coefficient (Wildman–Crippen LogP) is 3.32. The lowest BCUT2D eigenvalue weighted by atomic mass is 9.85. The summed E-state index contributed by atoms with van der Waals surface area (Å²) >= 11 is 0. The average molecular weight is 292 g/mol. The minimum absolute atomic E-state index is 0.153. The topological polar surface area (TPSA) is 43.4 Å². The van der Waals surface area contributed by atoms with Crippen LogP contribution in [0.2, 0.25) is 0 Å². The minimum atomic E-state index is -3.32. The van der Waals surface area contributed by atoms with Crippen LogP contribution in [0.1, 0.15) is 32.6 Å². The zero-order valence-corrected chi connectivity index (χ0v) is 12.5. The van der Waals surface area contributed by atoms with Crippen LogP contribution in [0.15, 0.2) is 46.6 Å². The monoisotopic (exact) mass is 292 g/mol. The number of hydrogen-bond donors (Lipinski definition) is 0. The van der Waals surface area contributed by atoms with E-state index in [1.165, 1.54) is 0 Å². The maximum absolute atomic E-state index is 13.0. The van der Waals surface area contributed by atoms with Gasteiger partial charge in [-0.15, -0.1) is 0 Å². The normalized spacial score (nSPS) is 26.9. The Morgan fingerprint density at radius 3 is 2.65 bits per heavy atom. The first kappa shape index (κ1) is 13.7. The molecule has 0 N–H and O–H groups in total. The fraction of sp³-hybridized carbons (Fsp3) is 0.500. The Kier molecular flexibility index (Phi) is 3.59. The summed E-state index contributed by atoms with van der Waals surface area (Å²) in [6, 6.07) is 8.80. The van der Waals surface area contributed by atoms with E-state index in [4.69, 9.17) is 4.74 Å². The molecule has 0 spiro atoms. The summed E-state index contributed by atoms with van der Waals surface area (Å²) in [5.74, 6) is 1.10. The van der Waals surface area contributed by atoms with Gasteiger partial charge in [0.05, 0.1) is 22.5 Å². The summed E-state index contributed by atoms with van der Waals surface area (Å²) in [7, 11) is -3.32. The molecule has 2 atom stereocenters. The van der Waals surface area contributed by atoms with Gasteiger partial charge in [0.25, 0.3) is 0 Å². The second kappa shape index (κ2) is 5.24. The second-order valence-electron chi connectivity index (χ2n) is 5.70. The Labute approximate surface area is 120 Å². The van der Waals surface area contributed by atoms with Gasteiger partial charge in [-0.2, -0.15) is 0 Å². The fourth-order valence-corrected chi connectivity index (χ4v) is 5.53. The molecule has 0 radical (unpaired) electrons. The Hall–Kier alpha value is -1.29. The number of rotatable bonds is 2. The SMILES string of the molecule is C[C@@H]1CCC2=C(CCCO2)[C@H]1S(=O)(=O)c1ccccc1. The third-order valence-corrected chi connectivity index (χ3v) is 6.66. The summed E-state index contributed by atoms with van der Waals surface area (Å²) in [6.07, 6.45) is 3.55. The van der Waals surface area contributed by atoms with Crippen molar-refractivity contribution in [2.45, 2.75) is 42.8 Å². The maximum Gasteiger partial charge on any atom is 0.185 e. The highest BCUT2D eigenvalue weighted by Crippen LogP contribution is 2.40. The molecule has 3 nitrogen and oxygen atoms in total. The Morgan fingerprint density at radius 2 is 1.90 bits per heavy atom. The van der Waals surface area contributed by atoms with Crippen LogP contribution in [0.5, 0.6) is 0 Å². The van der Waals surface area contributed by atoms with E-state index in [-0.39, 0.29) is 5.92 Å². The second-order valence-corrected chi connectivity index (χ2v) is 7.76. The lowest BCUT2D eigenvalue weighted by molar-refractivity contribution is 0.161. The van der Waals surface area contributed by atoms with Gasteiger partial charge in [0.15, 0.2) is 9.84 Å². The molecular weight excluding hydrogens is 272 g/mol. The van der Waals surface area contributed by atoms with Crippen LogP contribution >= 0.6 is 0 Å². The van der Waals surface area contributed by atoms with Gasteiger partial charge in [0.1, 0.15) is 0 Å². The van der Waals surface area contributed by atoms with E-state index in [1.54, 1.807) is 24.3 Å². The largest absolute Gasteiger partial charge is 0.498 e. The zero-order valence-electron chi connectivity index (χ0n) is 11.7. The molecule has 4 heteroatoms. The van der Waals surface area contributed by atoms with Gasteiger partial charge in [0.2, 0.25) is 0 Å². The maximum atomic E-state index is 13.0. The molecule has 1 heterocycles. The molecule has 108 valence electrons. The molecule has 0 unspecified atom stereocenters. The van der Waals surface area contributed by atoms with E-state index in [2.05, 4.69) is 0 Å². The highest BCUT2D eigenvalue weighted by Gasteiger charge is 2.40. The smallest absolute Gasteiger partial charge is 0.185 e. The summed E-state index contributed by atoms with van der Waals surface area (Å²) in [5.41, 5.74) is 1.03. The van der Waals surface area contributed by atoms with Gasteiger partial charge >= 0.3 is 0 Å². The van der Waals surface area contributed by atoms with Crippen LogP contribution in [0.3, 0.4) is 0 Å². The Balaban J connectivity index is 2.07. The highest BCUT2D eigenvalue weighted by atomic mass is 32.2. The first-order chi connectivity index (χ1) is 9.60. The van der Waals surface area contributed by atoms with E-state index < -0.39 is 15.1 Å². The predicted molar refractivity (Wildman–Crippen MR) is 78.0 cm³/mol. The summed E-state index contributed by atoms with van der Waals surface area (Å²) in [5, 5.41) is -0.408. The van der Waals surface area contributed by atoms with Gasteiger partial charge in [-0.1, -0.05) is 25.1 Å². The van der Waals surface area contributed by atoms with Crippen molar-refractivity contribution in [2.75, 3.05) is 6.61 Å². The van der Waals surface area contributed by atoms with E-state index in [1.807, 2.05) is 13.0 Å². The molecule has 0 aromatic heterocycles. The number of hydrogen-bond acceptors (Lipinski definition) is 3. The molecule has 1 aliphatic heterocycles. The van der Waals surface area contributed by atoms with Crippen LogP contribution < -0.4 is 0 Å². The van der Waals surface area contributed by atoms with Gasteiger partial charge in [0, 0.05) is 6.42 Å². The first-order valence-electron chi connectivity index (χ1n) is 7.24.